The van der Waals surface area contributed by atoms with Crippen LogP contribution in [0, 0.1) is 0 Å². The van der Waals surface area contributed by atoms with Crippen molar-refractivity contribution >= 4 is 5.96 Å². The molecule has 176 valence electrons. The molecule has 1 aliphatic rings. The van der Waals surface area contributed by atoms with Gasteiger partial charge >= 0.3 is 0 Å². The fraction of sp³-hybridized carbons (Fsp3) is 0.708. The SMILES string of the molecule is CCNC(=NCC(C)N1CCN(CC)CC1)NC(C)c1ccc(OCC)c(OCC)c1. The van der Waals surface area contributed by atoms with E-state index in [-0.39, 0.29) is 6.04 Å². The van der Waals surface area contributed by atoms with Crippen molar-refractivity contribution in [1.29, 1.82) is 0 Å². The van der Waals surface area contributed by atoms with Crippen molar-refractivity contribution in [2.24, 2.45) is 4.99 Å². The Kier molecular flexibility index (Phi) is 10.9. The van der Waals surface area contributed by atoms with Crippen LogP contribution in [-0.2, 0) is 0 Å². The summed E-state index contributed by atoms with van der Waals surface area (Å²) < 4.78 is 11.5. The first-order valence-electron chi connectivity index (χ1n) is 11.9. The third-order valence-corrected chi connectivity index (χ3v) is 5.76. The number of likely N-dealkylation sites (N-methyl/N-ethyl adjacent to an activating group) is 1. The minimum absolute atomic E-state index is 0.0936. The van der Waals surface area contributed by atoms with Crippen molar-refractivity contribution in [2.45, 2.75) is 53.6 Å². The van der Waals surface area contributed by atoms with Crippen LogP contribution in [0.4, 0.5) is 0 Å². The number of nitrogens with zero attached hydrogens (tertiary/aromatic N) is 3. The van der Waals surface area contributed by atoms with Gasteiger partial charge in [-0.05, 0) is 58.9 Å². The molecule has 0 amide bonds. The molecule has 31 heavy (non-hydrogen) atoms. The van der Waals surface area contributed by atoms with E-state index >= 15 is 0 Å². The van der Waals surface area contributed by atoms with Crippen molar-refractivity contribution in [1.82, 2.24) is 20.4 Å². The van der Waals surface area contributed by atoms with Crippen molar-refractivity contribution in [3.8, 4) is 11.5 Å². The van der Waals surface area contributed by atoms with Crippen LogP contribution in [0.5, 0.6) is 11.5 Å². The van der Waals surface area contributed by atoms with E-state index in [9.17, 15) is 0 Å². The fourth-order valence-corrected chi connectivity index (χ4v) is 3.80. The maximum absolute atomic E-state index is 5.79. The molecular weight excluding hydrogens is 390 g/mol. The molecule has 7 heteroatoms. The van der Waals surface area contributed by atoms with E-state index < -0.39 is 0 Å². The van der Waals surface area contributed by atoms with E-state index in [1.54, 1.807) is 0 Å². The van der Waals surface area contributed by atoms with Crippen LogP contribution in [0.3, 0.4) is 0 Å². The van der Waals surface area contributed by atoms with Crippen LogP contribution >= 0.6 is 0 Å². The Hall–Kier alpha value is -1.99. The van der Waals surface area contributed by atoms with Gasteiger partial charge in [0.25, 0.3) is 0 Å². The van der Waals surface area contributed by atoms with Crippen LogP contribution in [0.1, 0.15) is 53.1 Å². The molecule has 0 spiro atoms. The second-order valence-corrected chi connectivity index (χ2v) is 7.98. The number of nitrogens with one attached hydrogen (secondary N) is 2. The van der Waals surface area contributed by atoms with Gasteiger partial charge in [-0.1, -0.05) is 13.0 Å². The van der Waals surface area contributed by atoms with Crippen LogP contribution in [0.2, 0.25) is 0 Å². The smallest absolute Gasteiger partial charge is 0.191 e. The molecule has 1 aliphatic heterocycles. The fourth-order valence-electron chi connectivity index (χ4n) is 3.80. The lowest BCUT2D eigenvalue weighted by atomic mass is 10.1. The number of hydrogen-bond donors (Lipinski definition) is 2. The molecule has 0 saturated carbocycles. The van der Waals surface area contributed by atoms with E-state index in [2.05, 4.69) is 60.3 Å². The minimum atomic E-state index is 0.0936. The van der Waals surface area contributed by atoms with Crippen molar-refractivity contribution in [3.63, 3.8) is 0 Å². The first-order valence-corrected chi connectivity index (χ1v) is 11.9. The van der Waals surface area contributed by atoms with Crippen molar-refractivity contribution < 1.29 is 9.47 Å². The highest BCUT2D eigenvalue weighted by Gasteiger charge is 2.20. The van der Waals surface area contributed by atoms with Gasteiger partial charge in [-0.25, -0.2) is 0 Å². The highest BCUT2D eigenvalue weighted by Crippen LogP contribution is 2.30. The molecule has 0 radical (unpaired) electrons. The molecule has 2 rings (SSSR count). The summed E-state index contributed by atoms with van der Waals surface area (Å²) in [4.78, 5) is 9.93. The summed E-state index contributed by atoms with van der Waals surface area (Å²) in [5.41, 5.74) is 1.14. The number of aliphatic imine (C=N–C) groups is 1. The Bertz CT molecular complexity index is 674. The molecule has 2 atom stereocenters. The second kappa shape index (κ2) is 13.4. The molecule has 1 aromatic rings. The third-order valence-electron chi connectivity index (χ3n) is 5.76. The Morgan fingerprint density at radius 1 is 1.00 bits per heavy atom. The Labute approximate surface area is 189 Å². The van der Waals surface area contributed by atoms with Gasteiger partial charge in [0.15, 0.2) is 17.5 Å². The number of benzene rings is 1. The summed E-state index contributed by atoms with van der Waals surface area (Å²) in [6.07, 6.45) is 0. The van der Waals surface area contributed by atoms with Crippen LogP contribution in [0.25, 0.3) is 0 Å². The van der Waals surface area contributed by atoms with Crippen LogP contribution in [-0.4, -0.2) is 80.8 Å². The molecule has 0 aliphatic carbocycles. The molecule has 2 N–H and O–H groups in total. The number of guanidine groups is 1. The first kappa shape index (κ1) is 25.3. The Balaban J connectivity index is 2.00. The average molecular weight is 434 g/mol. The molecule has 1 aromatic carbocycles. The molecular formula is C24H43N5O2. The zero-order valence-corrected chi connectivity index (χ0v) is 20.4. The standard InChI is InChI=1S/C24H43N5O2/c1-7-25-24(26-18-19(5)29-15-13-28(8-2)14-16-29)27-20(6)21-11-12-22(30-9-3)23(17-21)31-10-4/h11-12,17,19-20H,7-10,13-16,18H2,1-6H3,(H2,25,26,27). The largest absolute Gasteiger partial charge is 0.490 e. The normalized spacial score (nSPS) is 17.8. The summed E-state index contributed by atoms with van der Waals surface area (Å²) in [5, 5.41) is 6.93. The maximum Gasteiger partial charge on any atom is 0.191 e. The number of ether oxygens (including phenoxy) is 2. The summed E-state index contributed by atoms with van der Waals surface area (Å²) in [7, 11) is 0. The quantitative estimate of drug-likeness (QED) is 0.413. The molecule has 7 nitrogen and oxygen atoms in total. The topological polar surface area (TPSA) is 61.4 Å². The molecule has 1 heterocycles. The lowest BCUT2D eigenvalue weighted by Crippen LogP contribution is -2.50. The zero-order valence-electron chi connectivity index (χ0n) is 20.4. The monoisotopic (exact) mass is 433 g/mol. The highest BCUT2D eigenvalue weighted by molar-refractivity contribution is 5.80. The lowest BCUT2D eigenvalue weighted by Gasteiger charge is -2.37. The van der Waals surface area contributed by atoms with Gasteiger partial charge in [0, 0.05) is 38.8 Å². The predicted octanol–water partition coefficient (Wildman–Crippen LogP) is 3.13. The molecule has 1 saturated heterocycles. The number of piperazine rings is 1. The predicted molar refractivity (Wildman–Crippen MR) is 129 cm³/mol. The summed E-state index contributed by atoms with van der Waals surface area (Å²) in [6, 6.07) is 6.66. The summed E-state index contributed by atoms with van der Waals surface area (Å²) in [5.74, 6) is 2.43. The number of rotatable bonds is 11. The first-order chi connectivity index (χ1) is 15.0. The van der Waals surface area contributed by atoms with Gasteiger partial charge in [0.2, 0.25) is 0 Å². The van der Waals surface area contributed by atoms with Gasteiger partial charge in [-0.2, -0.15) is 0 Å². The van der Waals surface area contributed by atoms with Crippen molar-refractivity contribution in [3.05, 3.63) is 23.8 Å². The Morgan fingerprint density at radius 3 is 2.29 bits per heavy atom. The van der Waals surface area contributed by atoms with Gasteiger partial charge in [-0.3, -0.25) is 9.89 Å². The molecule has 2 unspecified atom stereocenters. The minimum Gasteiger partial charge on any atom is -0.490 e. The summed E-state index contributed by atoms with van der Waals surface area (Å²) >= 11 is 0. The second-order valence-electron chi connectivity index (χ2n) is 7.98. The molecule has 0 aromatic heterocycles. The maximum atomic E-state index is 5.79. The summed E-state index contributed by atoms with van der Waals surface area (Å²) in [6.45, 7) is 21.3. The molecule has 0 bridgehead atoms. The van der Waals surface area contributed by atoms with Gasteiger partial charge < -0.3 is 25.0 Å². The number of hydrogen-bond acceptors (Lipinski definition) is 5. The third kappa shape index (κ3) is 7.89. The van der Waals surface area contributed by atoms with Crippen molar-refractivity contribution in [2.75, 3.05) is 59.0 Å². The van der Waals surface area contributed by atoms with E-state index in [0.717, 1.165) is 68.8 Å². The molecule has 1 fully saturated rings. The van der Waals surface area contributed by atoms with Crippen LogP contribution in [0.15, 0.2) is 23.2 Å². The van der Waals surface area contributed by atoms with Gasteiger partial charge in [0.05, 0.1) is 25.8 Å². The van der Waals surface area contributed by atoms with E-state index in [4.69, 9.17) is 14.5 Å². The van der Waals surface area contributed by atoms with E-state index in [1.807, 2.05) is 19.9 Å². The van der Waals surface area contributed by atoms with E-state index in [0.29, 0.717) is 19.3 Å². The van der Waals surface area contributed by atoms with Crippen LogP contribution < -0.4 is 20.1 Å². The zero-order chi connectivity index (χ0) is 22.6. The Morgan fingerprint density at radius 2 is 1.68 bits per heavy atom. The van der Waals surface area contributed by atoms with Gasteiger partial charge in [-0.15, -0.1) is 0 Å². The van der Waals surface area contributed by atoms with E-state index in [1.165, 1.54) is 0 Å². The average Bonchev–Trinajstić information content (AvgIpc) is 2.78. The lowest BCUT2D eigenvalue weighted by molar-refractivity contribution is 0.109. The highest BCUT2D eigenvalue weighted by atomic mass is 16.5. The van der Waals surface area contributed by atoms with Gasteiger partial charge in [0.1, 0.15) is 0 Å².